The first-order chi connectivity index (χ1) is 7.56. The molecule has 1 aliphatic rings. The lowest BCUT2D eigenvalue weighted by molar-refractivity contribution is -0.289. The van der Waals surface area contributed by atoms with Gasteiger partial charge in [-0.3, -0.25) is 4.79 Å². The van der Waals surface area contributed by atoms with Gasteiger partial charge in [-0.1, -0.05) is 6.58 Å². The molecule has 4 nitrogen and oxygen atoms in total. The summed E-state index contributed by atoms with van der Waals surface area (Å²) in [5.74, 6) is -0.124. The predicted molar refractivity (Wildman–Crippen MR) is 66.7 cm³/mol. The number of hydrogen-bond donors (Lipinski definition) is 1. The average Bonchev–Trinajstić information content (AvgIpc) is 2.12. The van der Waals surface area contributed by atoms with E-state index in [0.717, 1.165) is 5.06 Å². The molecule has 1 amide bonds. The molecule has 1 N–H and O–H groups in total. The van der Waals surface area contributed by atoms with Crippen LogP contribution < -0.4 is 5.32 Å². The molecule has 1 saturated heterocycles. The van der Waals surface area contributed by atoms with Gasteiger partial charge in [0.25, 0.3) is 0 Å². The maximum absolute atomic E-state index is 12.1. The lowest BCUT2D eigenvalue weighted by Crippen LogP contribution is -2.62. The van der Waals surface area contributed by atoms with E-state index >= 15 is 0 Å². The Hall–Kier alpha value is -0.870. The highest BCUT2D eigenvalue weighted by atomic mass is 16.5. The summed E-state index contributed by atoms with van der Waals surface area (Å²) >= 11 is 0. The number of nitrogens with zero attached hydrogens (tertiary/aromatic N) is 1. The Bertz CT molecular complexity index is 316. The monoisotopic (exact) mass is 239 g/mol. The fourth-order valence-electron chi connectivity index (χ4n) is 2.67. The van der Waals surface area contributed by atoms with E-state index < -0.39 is 11.1 Å². The van der Waals surface area contributed by atoms with E-state index in [1.807, 2.05) is 27.7 Å². The Kier molecular flexibility index (Phi) is 3.69. The summed E-state index contributed by atoms with van der Waals surface area (Å²) in [4.78, 5) is 11.6. The number of amides is 1. The van der Waals surface area contributed by atoms with Gasteiger partial charge in [0.1, 0.15) is 0 Å². The van der Waals surface area contributed by atoms with Gasteiger partial charge in [-0.15, -0.1) is 10.3 Å². The molecule has 0 aromatic rings. The Labute approximate surface area is 104 Å². The van der Waals surface area contributed by atoms with Gasteiger partial charge in [0, 0.05) is 22.7 Å². The molecule has 0 bridgehead atoms. The minimum atomic E-state index is -0.450. The lowest BCUT2D eigenvalue weighted by Gasteiger charge is -2.50. The first-order valence-corrected chi connectivity index (χ1v) is 6.00. The largest absolute Gasteiger partial charge is 0.349 e. The van der Waals surface area contributed by atoms with Gasteiger partial charge in [0.2, 0.25) is 5.91 Å². The van der Waals surface area contributed by atoms with Crippen LogP contribution in [0.2, 0.25) is 0 Å². The number of hydrogen-bond acceptors (Lipinski definition) is 2. The van der Waals surface area contributed by atoms with E-state index in [1.54, 1.807) is 6.92 Å². The van der Waals surface area contributed by atoms with Crippen LogP contribution in [0.5, 0.6) is 0 Å². The zero-order valence-electron chi connectivity index (χ0n) is 11.5. The van der Waals surface area contributed by atoms with Crippen molar-refractivity contribution in [2.45, 2.75) is 64.6 Å². The van der Waals surface area contributed by atoms with E-state index in [1.165, 1.54) is 0 Å². The minimum absolute atomic E-state index is 0.0365. The first kappa shape index (κ1) is 14.2. The van der Waals surface area contributed by atoms with Gasteiger partial charge in [-0.25, -0.2) is 0 Å². The van der Waals surface area contributed by atoms with E-state index in [4.69, 9.17) is 0 Å². The van der Waals surface area contributed by atoms with Gasteiger partial charge in [-0.05, 0) is 47.5 Å². The highest BCUT2D eigenvalue weighted by molar-refractivity contribution is 5.92. The Morgan fingerprint density at radius 1 is 1.24 bits per heavy atom. The van der Waals surface area contributed by atoms with Crippen molar-refractivity contribution < 1.29 is 10.0 Å². The summed E-state index contributed by atoms with van der Waals surface area (Å²) in [6, 6.07) is 0.0365. The Morgan fingerprint density at radius 3 is 2.00 bits per heavy atom. The smallest absolute Gasteiger partial charge is 0.246 e. The molecule has 1 radical (unpaired) electrons. The number of piperidine rings is 1. The van der Waals surface area contributed by atoms with Crippen LogP contribution in [0, 0.1) is 0 Å². The lowest BCUT2D eigenvalue weighted by atomic mass is 9.79. The molecule has 1 heterocycles. The molecule has 1 aliphatic heterocycles. The van der Waals surface area contributed by atoms with Crippen molar-refractivity contribution >= 4 is 5.91 Å². The molecule has 0 spiro atoms. The van der Waals surface area contributed by atoms with Crippen molar-refractivity contribution in [1.82, 2.24) is 10.4 Å². The van der Waals surface area contributed by atoms with Crippen molar-refractivity contribution in [3.05, 3.63) is 12.2 Å². The standard InChI is InChI=1S/C13H23N2O2/c1-9(2)11(16)14-10-7-12(3,4)15(17)13(5,6)8-10/h10H,1,7-8H2,2-6H3,(H,14,16). The summed E-state index contributed by atoms with van der Waals surface area (Å²) < 4.78 is 0. The molecule has 4 heteroatoms. The van der Waals surface area contributed by atoms with E-state index in [0.29, 0.717) is 18.4 Å². The summed E-state index contributed by atoms with van der Waals surface area (Å²) in [6.07, 6.45) is 1.33. The molecule has 0 saturated carbocycles. The van der Waals surface area contributed by atoms with Gasteiger partial charge < -0.3 is 5.32 Å². The van der Waals surface area contributed by atoms with Gasteiger partial charge in [-0.2, -0.15) is 0 Å². The predicted octanol–water partition coefficient (Wildman–Crippen LogP) is 2.05. The second kappa shape index (κ2) is 4.42. The van der Waals surface area contributed by atoms with Crippen molar-refractivity contribution in [3.63, 3.8) is 0 Å². The van der Waals surface area contributed by atoms with Crippen LogP contribution in [-0.4, -0.2) is 28.1 Å². The third-order valence-electron chi connectivity index (χ3n) is 3.31. The summed E-state index contributed by atoms with van der Waals surface area (Å²) in [6.45, 7) is 13.0. The fourth-order valence-corrected chi connectivity index (χ4v) is 2.67. The van der Waals surface area contributed by atoms with Crippen LogP contribution in [0.4, 0.5) is 0 Å². The molecular weight excluding hydrogens is 216 g/mol. The molecule has 0 aromatic heterocycles. The average molecular weight is 239 g/mol. The zero-order valence-corrected chi connectivity index (χ0v) is 11.5. The molecule has 1 fully saturated rings. The van der Waals surface area contributed by atoms with Crippen LogP contribution >= 0.6 is 0 Å². The van der Waals surface area contributed by atoms with Crippen LogP contribution in [0.25, 0.3) is 0 Å². The third-order valence-corrected chi connectivity index (χ3v) is 3.31. The minimum Gasteiger partial charge on any atom is -0.349 e. The summed E-state index contributed by atoms with van der Waals surface area (Å²) in [7, 11) is 0. The van der Waals surface area contributed by atoms with Gasteiger partial charge in [0.15, 0.2) is 0 Å². The quantitative estimate of drug-likeness (QED) is 0.750. The highest BCUT2D eigenvalue weighted by Gasteiger charge is 2.46. The second-order valence-corrected chi connectivity index (χ2v) is 6.28. The fraction of sp³-hybridized carbons (Fsp3) is 0.769. The molecule has 0 atom stereocenters. The maximum Gasteiger partial charge on any atom is 0.246 e. The number of nitrogens with one attached hydrogen (secondary N) is 1. The van der Waals surface area contributed by atoms with Crippen molar-refractivity contribution in [2.24, 2.45) is 0 Å². The summed E-state index contributed by atoms with van der Waals surface area (Å²) in [5.41, 5.74) is -0.394. The molecule has 0 unspecified atom stereocenters. The number of carbonyl (C=O) groups is 1. The van der Waals surface area contributed by atoms with Crippen molar-refractivity contribution in [2.75, 3.05) is 0 Å². The van der Waals surface area contributed by atoms with Crippen LogP contribution in [-0.2, 0) is 10.0 Å². The van der Waals surface area contributed by atoms with E-state index in [2.05, 4.69) is 11.9 Å². The maximum atomic E-state index is 12.1. The van der Waals surface area contributed by atoms with Crippen LogP contribution in [0.15, 0.2) is 12.2 Å². The molecule has 0 aliphatic carbocycles. The number of rotatable bonds is 2. The molecule has 17 heavy (non-hydrogen) atoms. The molecule has 97 valence electrons. The van der Waals surface area contributed by atoms with Crippen LogP contribution in [0.3, 0.4) is 0 Å². The molecule has 0 aromatic carbocycles. The van der Waals surface area contributed by atoms with Gasteiger partial charge in [0.05, 0.1) is 0 Å². The Balaban J connectivity index is 2.78. The van der Waals surface area contributed by atoms with E-state index in [-0.39, 0.29) is 11.9 Å². The third kappa shape index (κ3) is 3.07. The zero-order chi connectivity index (χ0) is 13.4. The Morgan fingerprint density at radius 2 is 1.65 bits per heavy atom. The highest BCUT2D eigenvalue weighted by Crippen LogP contribution is 2.36. The van der Waals surface area contributed by atoms with Gasteiger partial charge >= 0.3 is 0 Å². The SMILES string of the molecule is C=C(C)C(=O)NC1CC(C)(C)N([O])C(C)(C)C1. The number of hydroxylamine groups is 2. The van der Waals surface area contributed by atoms with E-state index in [9.17, 15) is 10.0 Å². The van der Waals surface area contributed by atoms with Crippen molar-refractivity contribution in [3.8, 4) is 0 Å². The normalized spacial score (nSPS) is 24.4. The van der Waals surface area contributed by atoms with Crippen molar-refractivity contribution in [1.29, 1.82) is 0 Å². The number of carbonyl (C=O) groups excluding carboxylic acids is 1. The van der Waals surface area contributed by atoms with Crippen LogP contribution in [0.1, 0.15) is 47.5 Å². The topological polar surface area (TPSA) is 52.2 Å². The summed E-state index contributed by atoms with van der Waals surface area (Å²) in [5, 5.41) is 16.2. The molecular formula is C13H23N2O2. The first-order valence-electron chi connectivity index (χ1n) is 6.00. The molecule has 1 rings (SSSR count). The second-order valence-electron chi connectivity index (χ2n) is 6.28.